The first-order valence-electron chi connectivity index (χ1n) is 3.80. The van der Waals surface area contributed by atoms with Crippen LogP contribution in [-0.2, 0) is 4.79 Å². The second-order valence-electron chi connectivity index (χ2n) is 2.48. The maximum absolute atomic E-state index is 10.4. The quantitative estimate of drug-likeness (QED) is 0.417. The fourth-order valence-electron chi connectivity index (χ4n) is 0.905. The molecule has 5 nitrogen and oxygen atoms in total. The molecule has 0 aliphatic heterocycles. The Bertz CT molecular complexity index is 138. The van der Waals surface area contributed by atoms with Gasteiger partial charge in [-0.1, -0.05) is 0 Å². The first-order valence-corrected chi connectivity index (χ1v) is 3.80. The smallest absolute Gasteiger partial charge is 0.548 e. The van der Waals surface area contributed by atoms with E-state index in [9.17, 15) is 9.90 Å². The number of nitrogens with zero attached hydrogens (tertiary/aromatic N) is 1. The van der Waals surface area contributed by atoms with Crippen LogP contribution in [0.25, 0.3) is 0 Å². The molecule has 0 radical (unpaired) electrons. The van der Waals surface area contributed by atoms with Crippen molar-refractivity contribution in [3.05, 3.63) is 0 Å². The van der Waals surface area contributed by atoms with E-state index in [2.05, 4.69) is 0 Å². The van der Waals surface area contributed by atoms with Gasteiger partial charge in [-0.25, -0.2) is 0 Å². The van der Waals surface area contributed by atoms with Gasteiger partial charge in [0.25, 0.3) is 0 Å². The molecular formula is C7H14NNaO4. The summed E-state index contributed by atoms with van der Waals surface area (Å²) in [6, 6.07) is -0.774. The molecule has 6 heteroatoms. The SMILES string of the molecule is C[C@@H](C(=O)[O-])N(CCO)CCO.[Na+]. The molecule has 0 spiro atoms. The summed E-state index contributed by atoms with van der Waals surface area (Å²) in [5.74, 6) is -1.20. The number of carbonyl (C=O) groups is 1. The zero-order valence-corrected chi connectivity index (χ0v) is 10.1. The van der Waals surface area contributed by atoms with Crippen molar-refractivity contribution in [2.24, 2.45) is 0 Å². The van der Waals surface area contributed by atoms with Crippen LogP contribution >= 0.6 is 0 Å². The minimum Gasteiger partial charge on any atom is -0.548 e. The number of hydrogen-bond acceptors (Lipinski definition) is 5. The number of hydrogen-bond donors (Lipinski definition) is 2. The summed E-state index contributed by atoms with van der Waals surface area (Å²) >= 11 is 0. The molecule has 0 amide bonds. The van der Waals surface area contributed by atoms with Crippen molar-refractivity contribution in [2.45, 2.75) is 13.0 Å². The molecule has 0 saturated heterocycles. The topological polar surface area (TPSA) is 83.8 Å². The van der Waals surface area contributed by atoms with E-state index in [1.165, 1.54) is 11.8 Å². The molecule has 0 unspecified atom stereocenters. The predicted octanol–water partition coefficient (Wildman–Crippen LogP) is -5.58. The van der Waals surface area contributed by atoms with E-state index in [0.29, 0.717) is 0 Å². The maximum Gasteiger partial charge on any atom is 1.00 e. The fourth-order valence-corrected chi connectivity index (χ4v) is 0.905. The number of rotatable bonds is 6. The minimum atomic E-state index is -1.20. The Kier molecular flexibility index (Phi) is 10.9. The van der Waals surface area contributed by atoms with Crippen LogP contribution in [0.3, 0.4) is 0 Å². The molecule has 2 N–H and O–H groups in total. The van der Waals surface area contributed by atoms with Crippen molar-refractivity contribution in [1.82, 2.24) is 4.90 Å². The number of carboxylic acid groups (broad SMARTS) is 1. The van der Waals surface area contributed by atoms with Gasteiger partial charge in [-0.05, 0) is 6.92 Å². The van der Waals surface area contributed by atoms with E-state index < -0.39 is 12.0 Å². The van der Waals surface area contributed by atoms with Crippen molar-refractivity contribution in [1.29, 1.82) is 0 Å². The summed E-state index contributed by atoms with van der Waals surface area (Å²) in [6.45, 7) is 1.67. The van der Waals surface area contributed by atoms with E-state index in [1.807, 2.05) is 0 Å². The van der Waals surface area contributed by atoms with Crippen LogP contribution < -0.4 is 34.7 Å². The van der Waals surface area contributed by atoms with Gasteiger partial charge in [-0.15, -0.1) is 0 Å². The third-order valence-electron chi connectivity index (χ3n) is 1.66. The van der Waals surface area contributed by atoms with Gasteiger partial charge in [0, 0.05) is 19.1 Å². The molecule has 72 valence electrons. The van der Waals surface area contributed by atoms with Crippen LogP contribution in [0, 0.1) is 0 Å². The Hall–Kier alpha value is 0.350. The molecule has 0 bridgehead atoms. The van der Waals surface area contributed by atoms with Crippen LogP contribution in [0.5, 0.6) is 0 Å². The fraction of sp³-hybridized carbons (Fsp3) is 0.857. The van der Waals surface area contributed by atoms with Gasteiger partial charge < -0.3 is 20.1 Å². The van der Waals surface area contributed by atoms with E-state index in [4.69, 9.17) is 10.2 Å². The van der Waals surface area contributed by atoms with Gasteiger partial charge in [0.15, 0.2) is 0 Å². The van der Waals surface area contributed by atoms with E-state index in [1.54, 1.807) is 0 Å². The molecule has 0 heterocycles. The first-order chi connectivity index (χ1) is 5.63. The largest absolute Gasteiger partial charge is 1.00 e. The summed E-state index contributed by atoms with van der Waals surface area (Å²) in [5, 5.41) is 27.5. The third-order valence-corrected chi connectivity index (χ3v) is 1.66. The Morgan fingerprint density at radius 1 is 1.38 bits per heavy atom. The van der Waals surface area contributed by atoms with Crippen LogP contribution in [0.15, 0.2) is 0 Å². The molecule has 0 fully saturated rings. The summed E-state index contributed by atoms with van der Waals surface area (Å²) < 4.78 is 0. The monoisotopic (exact) mass is 199 g/mol. The molecule has 0 aliphatic carbocycles. The molecule has 0 saturated carbocycles. The number of carboxylic acids is 1. The Labute approximate surface area is 99.6 Å². The normalized spacial score (nSPS) is 12.3. The molecule has 0 aromatic heterocycles. The van der Waals surface area contributed by atoms with Gasteiger partial charge in [-0.2, -0.15) is 0 Å². The van der Waals surface area contributed by atoms with Crippen molar-refractivity contribution in [3.63, 3.8) is 0 Å². The van der Waals surface area contributed by atoms with Crippen LogP contribution in [0.4, 0.5) is 0 Å². The van der Waals surface area contributed by atoms with Gasteiger partial charge in [-0.3, -0.25) is 4.90 Å². The summed E-state index contributed by atoms with van der Waals surface area (Å²) in [7, 11) is 0. The Morgan fingerprint density at radius 3 is 2.00 bits per heavy atom. The standard InChI is InChI=1S/C7H15NO4.Na/c1-6(7(11)12)8(2-4-9)3-5-10;/h6,9-10H,2-5H2,1H3,(H,11,12);/q;+1/p-1/t6-;/m0./s1. The Morgan fingerprint density at radius 2 is 1.77 bits per heavy atom. The summed E-state index contributed by atoms with van der Waals surface area (Å²) in [5.41, 5.74) is 0. The van der Waals surface area contributed by atoms with E-state index >= 15 is 0 Å². The van der Waals surface area contributed by atoms with Crippen molar-refractivity contribution < 1.29 is 49.7 Å². The van der Waals surface area contributed by atoms with Crippen LogP contribution in [0.1, 0.15) is 6.92 Å². The van der Waals surface area contributed by atoms with Crippen molar-refractivity contribution in [3.8, 4) is 0 Å². The average Bonchev–Trinajstić information content (AvgIpc) is 2.03. The number of aliphatic hydroxyl groups excluding tert-OH is 2. The first kappa shape index (κ1) is 15.8. The predicted molar refractivity (Wildman–Crippen MR) is 40.2 cm³/mol. The molecule has 13 heavy (non-hydrogen) atoms. The van der Waals surface area contributed by atoms with E-state index in [-0.39, 0.29) is 55.9 Å². The van der Waals surface area contributed by atoms with Crippen LogP contribution in [0.2, 0.25) is 0 Å². The van der Waals surface area contributed by atoms with Crippen LogP contribution in [-0.4, -0.2) is 53.4 Å². The summed E-state index contributed by atoms with van der Waals surface area (Å²) in [4.78, 5) is 11.8. The zero-order valence-electron chi connectivity index (χ0n) is 8.06. The third kappa shape index (κ3) is 6.42. The van der Waals surface area contributed by atoms with Crippen molar-refractivity contribution >= 4 is 5.97 Å². The van der Waals surface area contributed by atoms with Gasteiger partial charge in [0.2, 0.25) is 0 Å². The summed E-state index contributed by atoms with van der Waals surface area (Å²) in [6.07, 6.45) is 0. The average molecular weight is 199 g/mol. The Balaban J connectivity index is 0. The van der Waals surface area contributed by atoms with Gasteiger partial charge in [0.05, 0.1) is 19.2 Å². The molecule has 0 aromatic rings. The molecule has 0 aliphatic rings. The van der Waals surface area contributed by atoms with Gasteiger partial charge in [0.1, 0.15) is 0 Å². The number of aliphatic carboxylic acids is 1. The van der Waals surface area contributed by atoms with Crippen molar-refractivity contribution in [2.75, 3.05) is 26.3 Å². The number of aliphatic hydroxyl groups is 2. The number of carbonyl (C=O) groups excluding carboxylic acids is 1. The van der Waals surface area contributed by atoms with E-state index in [0.717, 1.165) is 0 Å². The minimum absolute atomic E-state index is 0. The molecular weight excluding hydrogens is 185 g/mol. The zero-order chi connectivity index (χ0) is 9.56. The van der Waals surface area contributed by atoms with Gasteiger partial charge >= 0.3 is 29.6 Å². The molecule has 1 atom stereocenters. The molecule has 0 rings (SSSR count). The second-order valence-corrected chi connectivity index (χ2v) is 2.48. The second kappa shape index (κ2) is 8.93. The maximum atomic E-state index is 10.4. The molecule has 0 aromatic carbocycles.